The monoisotopic (exact) mass is 576 g/mol. The van der Waals surface area contributed by atoms with Crippen molar-refractivity contribution in [3.8, 4) is 0 Å². The van der Waals surface area contributed by atoms with E-state index >= 15 is 0 Å². The zero-order valence-corrected chi connectivity index (χ0v) is 24.5. The SMILES string of the molecule is Cc1cc2c(ccc3ccccc32)[cH-]1.Cc1cc2c(ccc3ccccc32)[cH-]1.Cl.Cl.[CH2-]CC[CH2-].[Zr+4]. The summed E-state index contributed by atoms with van der Waals surface area (Å²) >= 11 is 0. The van der Waals surface area contributed by atoms with Crippen molar-refractivity contribution in [3.63, 3.8) is 0 Å². The van der Waals surface area contributed by atoms with Crippen LogP contribution in [0.4, 0.5) is 0 Å². The van der Waals surface area contributed by atoms with E-state index in [1.54, 1.807) is 0 Å². The van der Waals surface area contributed by atoms with Crippen LogP contribution in [0.5, 0.6) is 0 Å². The summed E-state index contributed by atoms with van der Waals surface area (Å²) < 4.78 is 0. The molecule has 0 aliphatic carbocycles. The molecule has 0 nitrogen and oxygen atoms in total. The number of rotatable bonds is 1. The Balaban J connectivity index is 0.000000284. The van der Waals surface area contributed by atoms with Crippen molar-refractivity contribution in [1.82, 2.24) is 0 Å². The van der Waals surface area contributed by atoms with Crippen LogP contribution in [0.2, 0.25) is 0 Å². The second-order valence-corrected chi connectivity index (χ2v) is 8.35. The molecule has 0 saturated carbocycles. The Hall–Kier alpha value is -1.92. The molecule has 0 aliphatic heterocycles. The summed E-state index contributed by atoms with van der Waals surface area (Å²) in [6, 6.07) is 34.9. The molecule has 6 rings (SSSR count). The third kappa shape index (κ3) is 7.30. The first kappa shape index (κ1) is 31.1. The molecule has 0 N–H and O–H groups in total. The minimum atomic E-state index is 0. The van der Waals surface area contributed by atoms with Crippen molar-refractivity contribution in [2.24, 2.45) is 0 Å². The molecule has 3 heteroatoms. The maximum absolute atomic E-state index is 3.54. The van der Waals surface area contributed by atoms with Crippen molar-refractivity contribution in [2.45, 2.75) is 26.7 Å². The Morgan fingerprint density at radius 3 is 1.29 bits per heavy atom. The standard InChI is InChI=1S/2C14H11.C4H8.2ClH.Zr/c2*1-10-8-12-7-6-11-4-2-3-5-13(11)14(12)9-10;1-3-4-2;;;/h2*2-9H,1H3;1-4H2;2*1H;/q2*-1;-2;;;+4. The first-order valence-corrected chi connectivity index (χ1v) is 11.3. The third-order valence-corrected chi connectivity index (χ3v) is 5.77. The molecule has 0 unspecified atom stereocenters. The Bertz CT molecular complexity index is 1360. The first-order chi connectivity index (χ1) is 15.6. The molecule has 0 fully saturated rings. The normalized spacial score (nSPS) is 9.83. The summed E-state index contributed by atoms with van der Waals surface area (Å²) in [6.07, 6.45) is 1.92. The Kier molecular flexibility index (Phi) is 13.0. The zero-order valence-electron chi connectivity index (χ0n) is 20.4. The largest absolute Gasteiger partial charge is 4.00 e. The van der Waals surface area contributed by atoms with Crippen LogP contribution in [0.1, 0.15) is 24.0 Å². The van der Waals surface area contributed by atoms with E-state index in [0.29, 0.717) is 0 Å². The quantitative estimate of drug-likeness (QED) is 0.170. The maximum atomic E-state index is 3.54. The molecule has 6 aromatic carbocycles. The molecule has 0 bridgehead atoms. The molecule has 0 amide bonds. The number of hydrogen-bond acceptors (Lipinski definition) is 0. The van der Waals surface area contributed by atoms with Crippen molar-refractivity contribution in [3.05, 3.63) is 122 Å². The fraction of sp³-hybridized carbons (Fsp3) is 0.125. The number of halogens is 2. The Morgan fingerprint density at radius 2 is 0.914 bits per heavy atom. The van der Waals surface area contributed by atoms with Gasteiger partial charge in [0, 0.05) is 0 Å². The van der Waals surface area contributed by atoms with Gasteiger partial charge in [0.1, 0.15) is 0 Å². The zero-order chi connectivity index (χ0) is 22.5. The number of benzene rings is 4. The average molecular weight is 579 g/mol. The van der Waals surface area contributed by atoms with E-state index in [9.17, 15) is 0 Å². The summed E-state index contributed by atoms with van der Waals surface area (Å²) in [6.45, 7) is 11.4. The van der Waals surface area contributed by atoms with Crippen LogP contribution < -0.4 is 0 Å². The van der Waals surface area contributed by atoms with E-state index in [-0.39, 0.29) is 51.0 Å². The predicted octanol–water partition coefficient (Wildman–Crippen LogP) is 10.3. The average Bonchev–Trinajstić information content (AvgIpc) is 3.41. The molecule has 0 spiro atoms. The fourth-order valence-corrected chi connectivity index (χ4v) is 4.23. The molecule has 35 heavy (non-hydrogen) atoms. The number of fused-ring (bicyclic) bond motifs is 6. The van der Waals surface area contributed by atoms with Crippen molar-refractivity contribution >= 4 is 67.9 Å². The minimum absolute atomic E-state index is 0. The van der Waals surface area contributed by atoms with Gasteiger partial charge < -0.3 is 13.8 Å². The first-order valence-electron chi connectivity index (χ1n) is 11.3. The van der Waals surface area contributed by atoms with E-state index < -0.39 is 0 Å². The molecule has 6 aromatic rings. The van der Waals surface area contributed by atoms with Crippen molar-refractivity contribution < 1.29 is 26.2 Å². The van der Waals surface area contributed by atoms with Gasteiger partial charge in [-0.15, -0.1) is 81.8 Å². The van der Waals surface area contributed by atoms with E-state index in [0.717, 1.165) is 12.8 Å². The van der Waals surface area contributed by atoms with Crippen LogP contribution >= 0.6 is 24.8 Å². The van der Waals surface area contributed by atoms with Crippen LogP contribution in [0.25, 0.3) is 43.1 Å². The summed E-state index contributed by atoms with van der Waals surface area (Å²) in [5, 5.41) is 10.8. The molecule has 0 aromatic heterocycles. The smallest absolute Gasteiger partial charge is 0.346 e. The Labute approximate surface area is 241 Å². The van der Waals surface area contributed by atoms with Crippen LogP contribution in [0, 0.1) is 27.7 Å². The predicted molar refractivity (Wildman–Crippen MR) is 158 cm³/mol. The summed E-state index contributed by atoms with van der Waals surface area (Å²) in [4.78, 5) is 0. The van der Waals surface area contributed by atoms with Gasteiger partial charge in [0.05, 0.1) is 0 Å². The summed E-state index contributed by atoms with van der Waals surface area (Å²) in [7, 11) is 0. The second-order valence-electron chi connectivity index (χ2n) is 8.35. The van der Waals surface area contributed by atoms with Gasteiger partial charge in [-0.25, -0.2) is 12.8 Å². The van der Waals surface area contributed by atoms with Gasteiger partial charge in [0.25, 0.3) is 0 Å². The van der Waals surface area contributed by atoms with Gasteiger partial charge >= 0.3 is 26.2 Å². The van der Waals surface area contributed by atoms with Gasteiger partial charge in [-0.2, -0.15) is 12.1 Å². The van der Waals surface area contributed by atoms with Gasteiger partial charge in [-0.3, -0.25) is 0 Å². The molecule has 0 saturated heterocycles. The fourth-order valence-electron chi connectivity index (χ4n) is 4.23. The molecular weight excluding hydrogens is 546 g/mol. The molecular formula is C32H32Cl2Zr. The summed E-state index contributed by atoms with van der Waals surface area (Å²) in [5.41, 5.74) is 2.69. The van der Waals surface area contributed by atoms with Crippen molar-refractivity contribution in [2.75, 3.05) is 0 Å². The third-order valence-electron chi connectivity index (χ3n) is 5.77. The number of hydrogen-bond donors (Lipinski definition) is 0. The molecule has 0 radical (unpaired) electrons. The second kappa shape index (κ2) is 14.6. The van der Waals surface area contributed by atoms with Gasteiger partial charge in [0.15, 0.2) is 0 Å². The number of aryl methyl sites for hydroxylation is 2. The van der Waals surface area contributed by atoms with Crippen LogP contribution in [-0.4, -0.2) is 0 Å². The minimum Gasteiger partial charge on any atom is -0.346 e. The molecule has 0 heterocycles. The van der Waals surface area contributed by atoms with E-state index in [1.807, 2.05) is 0 Å². The molecule has 178 valence electrons. The Morgan fingerprint density at radius 1 is 0.543 bits per heavy atom. The van der Waals surface area contributed by atoms with Crippen LogP contribution in [-0.2, 0) is 26.2 Å². The van der Waals surface area contributed by atoms with E-state index in [4.69, 9.17) is 0 Å². The topological polar surface area (TPSA) is 0 Å². The van der Waals surface area contributed by atoms with Crippen LogP contribution in [0.3, 0.4) is 0 Å². The van der Waals surface area contributed by atoms with Gasteiger partial charge in [-0.05, 0) is 10.8 Å². The van der Waals surface area contributed by atoms with E-state index in [2.05, 4.69) is 125 Å². The molecule has 0 atom stereocenters. The van der Waals surface area contributed by atoms with E-state index in [1.165, 1.54) is 54.2 Å². The van der Waals surface area contributed by atoms with Gasteiger partial charge in [-0.1, -0.05) is 85.3 Å². The summed E-state index contributed by atoms with van der Waals surface area (Å²) in [5.74, 6) is 0. The number of unbranched alkanes of at least 4 members (excludes halogenated alkanes) is 1. The van der Waals surface area contributed by atoms with Gasteiger partial charge in [0.2, 0.25) is 0 Å². The van der Waals surface area contributed by atoms with Crippen molar-refractivity contribution in [1.29, 1.82) is 0 Å². The van der Waals surface area contributed by atoms with Crippen LogP contribution in [0.15, 0.2) is 97.1 Å². The maximum Gasteiger partial charge on any atom is 4.00 e. The molecule has 0 aliphatic rings.